The molecule has 40 heavy (non-hydrogen) atoms. The smallest absolute Gasteiger partial charge is 0.309 e. The highest BCUT2D eigenvalue weighted by atomic mass is 19.1. The second kappa shape index (κ2) is 13.7. The number of nitrogens with zero attached hydrogens (tertiary/aromatic N) is 4. The maximum Gasteiger partial charge on any atom is 0.309 e. The lowest BCUT2D eigenvalue weighted by atomic mass is 9.93. The molecule has 9 heteroatoms. The van der Waals surface area contributed by atoms with Crippen molar-refractivity contribution >= 4 is 23.6 Å². The number of aliphatic hydroxyl groups excluding tert-OH is 1. The van der Waals surface area contributed by atoms with Crippen LogP contribution in [0.15, 0.2) is 54.4 Å². The zero-order valence-corrected chi connectivity index (χ0v) is 23.7. The maximum atomic E-state index is 14.8. The minimum atomic E-state index is -0.717. The molecule has 8 nitrogen and oxygen atoms in total. The number of allylic oxidation sites excluding steroid dienone is 1. The number of aromatic nitrogens is 2. The monoisotopic (exact) mass is 552 g/mol. The number of carbonyl (C=O) groups excluding carboxylic acids is 2. The van der Waals surface area contributed by atoms with E-state index in [1.54, 1.807) is 23.1 Å². The van der Waals surface area contributed by atoms with Gasteiger partial charge < -0.3 is 19.6 Å². The van der Waals surface area contributed by atoms with E-state index in [1.165, 1.54) is 12.1 Å². The number of hydrogen-bond donors (Lipinski definition) is 1. The van der Waals surface area contributed by atoms with Gasteiger partial charge in [0.05, 0.1) is 12.5 Å². The Labute approximate surface area is 236 Å². The molecule has 1 aromatic carbocycles. The lowest BCUT2D eigenvalue weighted by Crippen LogP contribution is -2.49. The van der Waals surface area contributed by atoms with E-state index in [0.29, 0.717) is 44.1 Å². The summed E-state index contributed by atoms with van der Waals surface area (Å²) in [6.45, 7) is 8.54. The summed E-state index contributed by atoms with van der Waals surface area (Å²) in [7, 11) is 0. The standard InChI is InChI=1S/C31H41FN4O4/c1-22-6-4-7-23(2)31(40-30(39)20-28(37)9-8-22)24(3)16-25-17-26(32)19-27(18-25)34-12-14-35(15-13-34)29(38)21-36-11-5-10-33-36/h4-5,7,10-11,16-19,22-23,28,31,37H,6,8-9,12-15,20-21H2,1-3H3/b7-4+,24-16+/t22-,23-,28+,31-/m0/s1. The molecule has 2 aromatic rings. The first kappa shape index (κ1) is 29.5. The average Bonchev–Trinajstić information content (AvgIpc) is 3.42. The molecule has 2 aliphatic rings. The molecule has 216 valence electrons. The molecule has 0 saturated carbocycles. The zero-order chi connectivity index (χ0) is 28.6. The summed E-state index contributed by atoms with van der Waals surface area (Å²) in [6, 6.07) is 6.70. The van der Waals surface area contributed by atoms with Gasteiger partial charge in [-0.1, -0.05) is 32.1 Å². The van der Waals surface area contributed by atoms with Crippen molar-refractivity contribution < 1.29 is 23.8 Å². The minimum absolute atomic E-state index is 0.0126. The van der Waals surface area contributed by atoms with Crippen LogP contribution in [0.25, 0.3) is 6.08 Å². The molecule has 4 rings (SSSR count). The van der Waals surface area contributed by atoms with E-state index < -0.39 is 18.2 Å². The number of piperazine rings is 1. The Morgan fingerprint density at radius 1 is 1.18 bits per heavy atom. The fourth-order valence-electron chi connectivity index (χ4n) is 5.37. The third-order valence-electron chi connectivity index (χ3n) is 7.71. The Hall–Kier alpha value is -3.46. The molecule has 1 aromatic heterocycles. The van der Waals surface area contributed by atoms with Crippen LogP contribution in [0.1, 0.15) is 52.0 Å². The number of hydrogen-bond acceptors (Lipinski definition) is 6. The summed E-state index contributed by atoms with van der Waals surface area (Å²) in [4.78, 5) is 29.2. The predicted octanol–water partition coefficient (Wildman–Crippen LogP) is 4.45. The summed E-state index contributed by atoms with van der Waals surface area (Å²) in [5, 5.41) is 14.4. The lowest BCUT2D eigenvalue weighted by Gasteiger charge is -2.36. The van der Waals surface area contributed by atoms with Crippen molar-refractivity contribution in [1.29, 1.82) is 0 Å². The Morgan fingerprint density at radius 3 is 2.67 bits per heavy atom. The number of benzene rings is 1. The predicted molar refractivity (Wildman–Crippen MR) is 153 cm³/mol. The van der Waals surface area contributed by atoms with E-state index in [9.17, 15) is 19.1 Å². The third kappa shape index (κ3) is 8.27. The van der Waals surface area contributed by atoms with Gasteiger partial charge in [-0.3, -0.25) is 14.3 Å². The van der Waals surface area contributed by atoms with Crippen molar-refractivity contribution in [2.75, 3.05) is 31.1 Å². The molecule has 2 aliphatic heterocycles. The van der Waals surface area contributed by atoms with Crippen molar-refractivity contribution in [1.82, 2.24) is 14.7 Å². The molecule has 1 fully saturated rings. The average molecular weight is 553 g/mol. The van der Waals surface area contributed by atoms with Crippen LogP contribution in [0.5, 0.6) is 0 Å². The van der Waals surface area contributed by atoms with Gasteiger partial charge in [-0.15, -0.1) is 0 Å². The van der Waals surface area contributed by atoms with Gasteiger partial charge in [-0.05, 0) is 67.5 Å². The van der Waals surface area contributed by atoms with E-state index in [2.05, 4.69) is 29.1 Å². The molecule has 4 atom stereocenters. The van der Waals surface area contributed by atoms with Crippen molar-refractivity contribution in [3.63, 3.8) is 0 Å². The van der Waals surface area contributed by atoms with E-state index in [0.717, 1.165) is 24.1 Å². The van der Waals surface area contributed by atoms with Crippen LogP contribution >= 0.6 is 0 Å². The van der Waals surface area contributed by atoms with Crippen molar-refractivity contribution in [3.05, 3.63) is 65.8 Å². The lowest BCUT2D eigenvalue weighted by molar-refractivity contribution is -0.151. The number of halogens is 1. The van der Waals surface area contributed by atoms with Gasteiger partial charge in [0.1, 0.15) is 18.5 Å². The van der Waals surface area contributed by atoms with Gasteiger partial charge in [0.2, 0.25) is 5.91 Å². The summed E-state index contributed by atoms with van der Waals surface area (Å²) >= 11 is 0. The first-order valence-corrected chi connectivity index (χ1v) is 14.2. The van der Waals surface area contributed by atoms with Crippen LogP contribution in [0.3, 0.4) is 0 Å². The topological polar surface area (TPSA) is 87.9 Å². The Bertz CT molecular complexity index is 1200. The second-order valence-corrected chi connectivity index (χ2v) is 11.2. The quantitative estimate of drug-likeness (QED) is 0.436. The van der Waals surface area contributed by atoms with E-state index in [-0.39, 0.29) is 30.6 Å². The molecule has 1 amide bonds. The first-order valence-electron chi connectivity index (χ1n) is 14.2. The molecular weight excluding hydrogens is 511 g/mol. The van der Waals surface area contributed by atoms with Gasteiger partial charge >= 0.3 is 5.97 Å². The molecule has 0 unspecified atom stereocenters. The zero-order valence-electron chi connectivity index (χ0n) is 23.7. The Kier molecular flexibility index (Phi) is 10.1. The molecule has 0 bridgehead atoms. The minimum Gasteiger partial charge on any atom is -0.457 e. The maximum absolute atomic E-state index is 14.8. The van der Waals surface area contributed by atoms with Gasteiger partial charge in [0.25, 0.3) is 0 Å². The van der Waals surface area contributed by atoms with E-state index in [1.807, 2.05) is 30.9 Å². The first-order chi connectivity index (χ1) is 19.2. The van der Waals surface area contributed by atoms with Crippen LogP contribution in [0, 0.1) is 17.7 Å². The number of aliphatic hydroxyl groups is 1. The Morgan fingerprint density at radius 2 is 1.95 bits per heavy atom. The molecule has 1 saturated heterocycles. The normalized spacial score (nSPS) is 26.0. The number of amides is 1. The molecular formula is C31H41FN4O4. The van der Waals surface area contributed by atoms with E-state index in [4.69, 9.17) is 4.74 Å². The van der Waals surface area contributed by atoms with Crippen LogP contribution < -0.4 is 4.90 Å². The number of anilines is 1. The molecule has 0 radical (unpaired) electrons. The molecule has 0 spiro atoms. The SMILES string of the molecule is C/C(=C\c1cc(F)cc(N2CCN(C(=O)Cn3cccn3)CC2)c1)[C@H]1OC(=O)C[C@H](O)CC[C@@H](C)C/C=C/[C@@H]1C. The van der Waals surface area contributed by atoms with Gasteiger partial charge in [-0.2, -0.15) is 5.10 Å². The van der Waals surface area contributed by atoms with Crippen LogP contribution in [-0.4, -0.2) is 70.1 Å². The molecule has 1 N–H and O–H groups in total. The largest absolute Gasteiger partial charge is 0.457 e. The van der Waals surface area contributed by atoms with Gasteiger partial charge in [0.15, 0.2) is 0 Å². The highest BCUT2D eigenvalue weighted by Gasteiger charge is 2.25. The number of cyclic esters (lactones) is 1. The van der Waals surface area contributed by atoms with Gasteiger partial charge in [-0.25, -0.2) is 4.39 Å². The van der Waals surface area contributed by atoms with Crippen LogP contribution in [0.2, 0.25) is 0 Å². The summed E-state index contributed by atoms with van der Waals surface area (Å²) in [5.74, 6) is -0.429. The molecule has 0 aliphatic carbocycles. The van der Waals surface area contributed by atoms with Gasteiger partial charge in [0, 0.05) is 50.2 Å². The van der Waals surface area contributed by atoms with E-state index >= 15 is 0 Å². The fourth-order valence-corrected chi connectivity index (χ4v) is 5.37. The van der Waals surface area contributed by atoms with Crippen molar-refractivity contribution in [2.45, 2.75) is 65.2 Å². The number of rotatable bonds is 5. The van der Waals surface area contributed by atoms with Crippen molar-refractivity contribution in [3.8, 4) is 0 Å². The number of ether oxygens (including phenoxy) is 1. The summed E-state index contributed by atoms with van der Waals surface area (Å²) < 4.78 is 22.2. The Balaban J connectivity index is 1.46. The van der Waals surface area contributed by atoms with Crippen LogP contribution in [-0.2, 0) is 20.9 Å². The van der Waals surface area contributed by atoms with Crippen molar-refractivity contribution in [2.24, 2.45) is 11.8 Å². The summed E-state index contributed by atoms with van der Waals surface area (Å²) in [6.07, 6.45) is 10.5. The highest BCUT2D eigenvalue weighted by molar-refractivity contribution is 5.76. The third-order valence-corrected chi connectivity index (χ3v) is 7.71. The van der Waals surface area contributed by atoms with Crippen LogP contribution in [0.4, 0.5) is 10.1 Å². The summed E-state index contributed by atoms with van der Waals surface area (Å²) in [5.41, 5.74) is 2.23. The highest BCUT2D eigenvalue weighted by Crippen LogP contribution is 2.26. The fraction of sp³-hybridized carbons (Fsp3) is 0.516. The number of esters is 1. The molecule has 3 heterocycles. The second-order valence-electron chi connectivity index (χ2n) is 11.2. The number of carbonyl (C=O) groups is 2.